The van der Waals surface area contributed by atoms with Gasteiger partial charge in [0.2, 0.25) is 0 Å². The molecule has 33 heavy (non-hydrogen) atoms. The van der Waals surface area contributed by atoms with E-state index in [1.807, 2.05) is 48.5 Å². The minimum absolute atomic E-state index is 0.00526. The number of amides is 1. The number of carbonyl (C=O) groups is 2. The Morgan fingerprint density at radius 1 is 0.939 bits per heavy atom. The minimum Gasteiger partial charge on any atom is -0.450 e. The highest BCUT2D eigenvalue weighted by Crippen LogP contribution is 2.30. The molecule has 0 radical (unpaired) electrons. The summed E-state index contributed by atoms with van der Waals surface area (Å²) in [6, 6.07) is 20.6. The predicted octanol–water partition coefficient (Wildman–Crippen LogP) is 5.96. The Kier molecular flexibility index (Phi) is 6.50. The molecular formula is C24H20FN3O4S. The van der Waals surface area contributed by atoms with Gasteiger partial charge in [-0.3, -0.25) is 4.79 Å². The van der Waals surface area contributed by atoms with Crippen molar-refractivity contribution in [3.05, 3.63) is 78.1 Å². The number of thiazole rings is 1. The SMILES string of the molecule is O=C(NC1CC1)c1ccc(-c2ccc(Nc3nc4ccc(F)cc4s3)cc2)cc1.O=C(O)O. The number of carboxylic acid groups (broad SMARTS) is 2. The van der Waals surface area contributed by atoms with Crippen molar-refractivity contribution in [2.24, 2.45) is 0 Å². The van der Waals surface area contributed by atoms with Crippen molar-refractivity contribution in [2.45, 2.75) is 18.9 Å². The summed E-state index contributed by atoms with van der Waals surface area (Å²) >= 11 is 1.42. The van der Waals surface area contributed by atoms with Crippen LogP contribution >= 0.6 is 11.3 Å². The summed E-state index contributed by atoms with van der Waals surface area (Å²) in [6.07, 6.45) is 0.330. The monoisotopic (exact) mass is 465 g/mol. The first-order valence-corrected chi connectivity index (χ1v) is 11.0. The first kappa shape index (κ1) is 22.2. The van der Waals surface area contributed by atoms with E-state index in [9.17, 15) is 9.18 Å². The zero-order valence-electron chi connectivity index (χ0n) is 17.3. The standard InChI is InChI=1S/C23H18FN3OS.CH2O3/c24-17-7-12-20-21(13-17)29-23(27-20)26-19-8-5-15(6-9-19)14-1-3-16(4-2-14)22(28)25-18-10-11-18;2-1(3)4/h1-9,12-13,18H,10-11H2,(H,25,28)(H,26,27);(H2,2,3,4). The van der Waals surface area contributed by atoms with E-state index in [-0.39, 0.29) is 11.7 Å². The van der Waals surface area contributed by atoms with Crippen LogP contribution in [-0.2, 0) is 0 Å². The number of rotatable bonds is 5. The molecule has 1 aliphatic rings. The zero-order chi connectivity index (χ0) is 23.4. The number of carbonyl (C=O) groups excluding carboxylic acids is 1. The number of aromatic nitrogens is 1. The van der Waals surface area contributed by atoms with Gasteiger partial charge in [0.05, 0.1) is 10.2 Å². The lowest BCUT2D eigenvalue weighted by atomic mass is 10.0. The zero-order valence-corrected chi connectivity index (χ0v) is 18.1. The van der Waals surface area contributed by atoms with Gasteiger partial charge in [0.25, 0.3) is 5.91 Å². The van der Waals surface area contributed by atoms with Crippen molar-refractivity contribution in [1.82, 2.24) is 10.3 Å². The average Bonchev–Trinajstić information content (AvgIpc) is 3.51. The van der Waals surface area contributed by atoms with Gasteiger partial charge in [0, 0.05) is 17.3 Å². The molecule has 0 aliphatic heterocycles. The molecule has 5 rings (SSSR count). The molecule has 0 spiro atoms. The van der Waals surface area contributed by atoms with E-state index in [4.69, 9.17) is 15.0 Å². The number of hydrogen-bond acceptors (Lipinski definition) is 5. The molecule has 1 aliphatic carbocycles. The Bertz CT molecular complexity index is 1280. The third kappa shape index (κ3) is 6.05. The van der Waals surface area contributed by atoms with Crippen LogP contribution in [0.5, 0.6) is 0 Å². The fourth-order valence-electron chi connectivity index (χ4n) is 3.13. The van der Waals surface area contributed by atoms with Gasteiger partial charge < -0.3 is 20.8 Å². The molecule has 1 heterocycles. The maximum atomic E-state index is 13.3. The van der Waals surface area contributed by atoms with E-state index in [2.05, 4.69) is 15.6 Å². The Balaban J connectivity index is 0.000000601. The highest BCUT2D eigenvalue weighted by molar-refractivity contribution is 7.22. The first-order chi connectivity index (χ1) is 15.9. The van der Waals surface area contributed by atoms with Crippen LogP contribution in [0.4, 0.5) is 20.0 Å². The summed E-state index contributed by atoms with van der Waals surface area (Å²) in [5.41, 5.74) is 4.49. The first-order valence-electron chi connectivity index (χ1n) is 10.1. The number of nitrogens with zero attached hydrogens (tertiary/aromatic N) is 1. The highest BCUT2D eigenvalue weighted by atomic mass is 32.1. The fourth-order valence-corrected chi connectivity index (χ4v) is 4.04. The minimum atomic E-state index is -1.83. The Labute approximate surface area is 192 Å². The molecule has 4 aromatic rings. The third-order valence-corrected chi connectivity index (χ3v) is 5.81. The summed E-state index contributed by atoms with van der Waals surface area (Å²) in [5.74, 6) is -0.262. The highest BCUT2D eigenvalue weighted by Gasteiger charge is 2.23. The lowest BCUT2D eigenvalue weighted by Crippen LogP contribution is -2.25. The average molecular weight is 466 g/mol. The quantitative estimate of drug-likeness (QED) is 0.289. The summed E-state index contributed by atoms with van der Waals surface area (Å²) in [7, 11) is 0. The van der Waals surface area contributed by atoms with Crippen molar-refractivity contribution in [1.29, 1.82) is 0 Å². The fraction of sp³-hybridized carbons (Fsp3) is 0.125. The smallest absolute Gasteiger partial charge is 0.450 e. The summed E-state index contributed by atoms with van der Waals surface area (Å²) in [6.45, 7) is 0. The third-order valence-electron chi connectivity index (χ3n) is 4.88. The van der Waals surface area contributed by atoms with E-state index in [1.54, 1.807) is 6.07 Å². The lowest BCUT2D eigenvalue weighted by Gasteiger charge is -2.07. The van der Waals surface area contributed by atoms with Gasteiger partial charge in [-0.15, -0.1) is 0 Å². The van der Waals surface area contributed by atoms with E-state index in [1.165, 1.54) is 23.5 Å². The predicted molar refractivity (Wildman–Crippen MR) is 126 cm³/mol. The van der Waals surface area contributed by atoms with Gasteiger partial charge in [-0.2, -0.15) is 0 Å². The molecule has 0 atom stereocenters. The van der Waals surface area contributed by atoms with Crippen molar-refractivity contribution in [3.63, 3.8) is 0 Å². The van der Waals surface area contributed by atoms with Gasteiger partial charge in [-0.25, -0.2) is 14.2 Å². The number of anilines is 2. The van der Waals surface area contributed by atoms with Crippen molar-refractivity contribution in [3.8, 4) is 11.1 Å². The largest absolute Gasteiger partial charge is 0.503 e. The van der Waals surface area contributed by atoms with Gasteiger partial charge >= 0.3 is 6.16 Å². The van der Waals surface area contributed by atoms with Crippen LogP contribution in [0.1, 0.15) is 23.2 Å². The van der Waals surface area contributed by atoms with Crippen LogP contribution in [0, 0.1) is 5.82 Å². The Morgan fingerprint density at radius 2 is 1.55 bits per heavy atom. The van der Waals surface area contributed by atoms with Gasteiger partial charge in [0.1, 0.15) is 5.82 Å². The van der Waals surface area contributed by atoms with Gasteiger partial charge in [-0.1, -0.05) is 35.6 Å². The lowest BCUT2D eigenvalue weighted by molar-refractivity contribution is 0.0950. The second-order valence-electron chi connectivity index (χ2n) is 7.44. The molecule has 1 fully saturated rings. The normalized spacial score (nSPS) is 12.5. The number of halogens is 1. The molecule has 168 valence electrons. The van der Waals surface area contributed by atoms with Crippen molar-refractivity contribution < 1.29 is 24.2 Å². The van der Waals surface area contributed by atoms with Crippen LogP contribution in [0.3, 0.4) is 0 Å². The number of benzene rings is 3. The molecule has 7 nitrogen and oxygen atoms in total. The van der Waals surface area contributed by atoms with E-state index in [0.29, 0.717) is 11.6 Å². The second kappa shape index (κ2) is 9.66. The number of nitrogens with one attached hydrogen (secondary N) is 2. The van der Waals surface area contributed by atoms with Crippen LogP contribution in [0.25, 0.3) is 21.3 Å². The summed E-state index contributed by atoms with van der Waals surface area (Å²) < 4.78 is 14.2. The molecule has 1 amide bonds. The van der Waals surface area contributed by atoms with Gasteiger partial charge in [0.15, 0.2) is 5.13 Å². The molecule has 3 aromatic carbocycles. The van der Waals surface area contributed by atoms with Crippen molar-refractivity contribution in [2.75, 3.05) is 5.32 Å². The molecule has 0 unspecified atom stereocenters. The van der Waals surface area contributed by atoms with Crippen LogP contribution in [-0.4, -0.2) is 33.3 Å². The second-order valence-corrected chi connectivity index (χ2v) is 8.47. The Morgan fingerprint density at radius 3 is 2.15 bits per heavy atom. The van der Waals surface area contributed by atoms with Crippen molar-refractivity contribution >= 4 is 44.4 Å². The van der Waals surface area contributed by atoms with Crippen LogP contribution < -0.4 is 10.6 Å². The van der Waals surface area contributed by atoms with Crippen LogP contribution in [0.15, 0.2) is 66.7 Å². The molecule has 9 heteroatoms. The molecule has 0 saturated heterocycles. The van der Waals surface area contributed by atoms with E-state index >= 15 is 0 Å². The van der Waals surface area contributed by atoms with E-state index in [0.717, 1.165) is 45.0 Å². The molecule has 1 saturated carbocycles. The van der Waals surface area contributed by atoms with Gasteiger partial charge in [-0.05, 0) is 66.4 Å². The number of hydrogen-bond donors (Lipinski definition) is 4. The topological polar surface area (TPSA) is 112 Å². The molecular weight excluding hydrogens is 445 g/mol. The summed E-state index contributed by atoms with van der Waals surface area (Å²) in [4.78, 5) is 25.1. The molecule has 0 bridgehead atoms. The maximum absolute atomic E-state index is 13.3. The number of fused-ring (bicyclic) bond motifs is 1. The Hall–Kier alpha value is -3.98. The molecule has 4 N–H and O–H groups in total. The maximum Gasteiger partial charge on any atom is 0.503 e. The molecule has 1 aromatic heterocycles. The van der Waals surface area contributed by atoms with Crippen LogP contribution in [0.2, 0.25) is 0 Å². The summed E-state index contributed by atoms with van der Waals surface area (Å²) in [5, 5.41) is 20.9. The van der Waals surface area contributed by atoms with E-state index < -0.39 is 6.16 Å².